The van der Waals surface area contributed by atoms with Crippen molar-refractivity contribution in [1.82, 2.24) is 15.3 Å². The molecule has 0 aliphatic carbocycles. The van der Waals surface area contributed by atoms with Crippen molar-refractivity contribution in [3.63, 3.8) is 0 Å². The van der Waals surface area contributed by atoms with Gasteiger partial charge in [-0.1, -0.05) is 12.1 Å². The van der Waals surface area contributed by atoms with Gasteiger partial charge in [0.2, 0.25) is 0 Å². The molecule has 0 amide bonds. The molecule has 3 rings (SSSR count). The molecule has 1 aromatic heterocycles. The van der Waals surface area contributed by atoms with E-state index in [1.54, 1.807) is 0 Å². The third kappa shape index (κ3) is 1.66. The van der Waals surface area contributed by atoms with Crippen molar-refractivity contribution in [3.8, 4) is 0 Å². The SMILES string of the molecule is O=[S@](c1nc2ccccc2[nH]1)[C@H]1CCNC1. The predicted molar refractivity (Wildman–Crippen MR) is 63.8 cm³/mol. The van der Waals surface area contributed by atoms with Gasteiger partial charge < -0.3 is 10.3 Å². The van der Waals surface area contributed by atoms with Gasteiger partial charge in [0.15, 0.2) is 5.16 Å². The van der Waals surface area contributed by atoms with Crippen molar-refractivity contribution in [1.29, 1.82) is 0 Å². The van der Waals surface area contributed by atoms with Gasteiger partial charge in [-0.3, -0.25) is 4.21 Å². The zero-order valence-electron chi connectivity index (χ0n) is 8.77. The fraction of sp³-hybridized carbons (Fsp3) is 0.364. The Hall–Kier alpha value is -1.20. The molecule has 2 heterocycles. The fourth-order valence-corrected chi connectivity index (χ4v) is 3.31. The Labute approximate surface area is 95.9 Å². The van der Waals surface area contributed by atoms with E-state index < -0.39 is 10.8 Å². The molecule has 0 saturated carbocycles. The quantitative estimate of drug-likeness (QED) is 0.817. The van der Waals surface area contributed by atoms with Crippen molar-refractivity contribution in [3.05, 3.63) is 24.3 Å². The van der Waals surface area contributed by atoms with Crippen molar-refractivity contribution in [2.75, 3.05) is 13.1 Å². The van der Waals surface area contributed by atoms with Crippen molar-refractivity contribution >= 4 is 21.8 Å². The van der Waals surface area contributed by atoms with Gasteiger partial charge in [0, 0.05) is 6.54 Å². The number of H-pyrrole nitrogens is 1. The zero-order chi connectivity index (χ0) is 11.0. The number of hydrogen-bond donors (Lipinski definition) is 2. The molecule has 84 valence electrons. The summed E-state index contributed by atoms with van der Waals surface area (Å²) in [6.45, 7) is 1.78. The summed E-state index contributed by atoms with van der Waals surface area (Å²) in [5.74, 6) is 0. The second kappa shape index (κ2) is 3.99. The molecule has 0 unspecified atom stereocenters. The molecular weight excluding hydrogens is 222 g/mol. The highest BCUT2D eigenvalue weighted by Gasteiger charge is 2.24. The third-order valence-electron chi connectivity index (χ3n) is 2.88. The number of nitrogens with one attached hydrogen (secondary N) is 2. The second-order valence-corrected chi connectivity index (χ2v) is 5.62. The number of benzene rings is 1. The average molecular weight is 235 g/mol. The van der Waals surface area contributed by atoms with E-state index in [9.17, 15) is 4.21 Å². The van der Waals surface area contributed by atoms with E-state index in [0.29, 0.717) is 5.16 Å². The Morgan fingerprint density at radius 1 is 1.38 bits per heavy atom. The fourth-order valence-electron chi connectivity index (χ4n) is 1.99. The number of aromatic nitrogens is 2. The minimum absolute atomic E-state index is 0.195. The Balaban J connectivity index is 1.96. The van der Waals surface area contributed by atoms with Gasteiger partial charge in [-0.2, -0.15) is 0 Å². The van der Waals surface area contributed by atoms with Crippen LogP contribution < -0.4 is 5.32 Å². The molecule has 1 aromatic carbocycles. The van der Waals surface area contributed by atoms with Gasteiger partial charge in [0.25, 0.3) is 0 Å². The molecule has 1 aliphatic rings. The summed E-state index contributed by atoms with van der Waals surface area (Å²) in [5.41, 5.74) is 1.84. The molecule has 1 aliphatic heterocycles. The molecule has 2 N–H and O–H groups in total. The first-order valence-electron chi connectivity index (χ1n) is 5.40. The lowest BCUT2D eigenvalue weighted by atomic mass is 10.3. The summed E-state index contributed by atoms with van der Waals surface area (Å²) < 4.78 is 12.2. The van der Waals surface area contributed by atoms with E-state index >= 15 is 0 Å². The molecule has 0 radical (unpaired) electrons. The number of nitrogens with zero attached hydrogens (tertiary/aromatic N) is 1. The van der Waals surface area contributed by atoms with Crippen LogP contribution >= 0.6 is 0 Å². The van der Waals surface area contributed by atoms with Gasteiger partial charge in [0.1, 0.15) is 0 Å². The van der Waals surface area contributed by atoms with Gasteiger partial charge in [-0.25, -0.2) is 4.98 Å². The Kier molecular flexibility index (Phi) is 2.49. The summed E-state index contributed by atoms with van der Waals surface area (Å²) >= 11 is 0. The second-order valence-electron chi connectivity index (χ2n) is 3.97. The zero-order valence-corrected chi connectivity index (χ0v) is 9.59. The van der Waals surface area contributed by atoms with E-state index in [-0.39, 0.29) is 5.25 Å². The monoisotopic (exact) mass is 235 g/mol. The largest absolute Gasteiger partial charge is 0.331 e. The number of hydrogen-bond acceptors (Lipinski definition) is 3. The number of para-hydroxylation sites is 2. The highest BCUT2D eigenvalue weighted by atomic mass is 32.2. The Morgan fingerprint density at radius 2 is 2.25 bits per heavy atom. The maximum Gasteiger partial charge on any atom is 0.197 e. The minimum atomic E-state index is -1.02. The molecule has 0 bridgehead atoms. The normalized spacial score (nSPS) is 22.6. The van der Waals surface area contributed by atoms with Crippen LogP contribution in [0.1, 0.15) is 6.42 Å². The van der Waals surface area contributed by atoms with Crippen LogP contribution in [0.4, 0.5) is 0 Å². The number of fused-ring (bicyclic) bond motifs is 1. The van der Waals surface area contributed by atoms with Crippen LogP contribution in [0.5, 0.6) is 0 Å². The highest BCUT2D eigenvalue weighted by Crippen LogP contribution is 2.17. The Bertz CT molecular complexity index is 498. The number of rotatable bonds is 2. The summed E-state index contributed by atoms with van der Waals surface area (Å²) in [4.78, 5) is 7.51. The molecule has 2 atom stereocenters. The van der Waals surface area contributed by atoms with E-state index in [1.807, 2.05) is 24.3 Å². The van der Waals surface area contributed by atoms with Crippen LogP contribution in [0, 0.1) is 0 Å². The molecule has 16 heavy (non-hydrogen) atoms. The van der Waals surface area contributed by atoms with Crippen LogP contribution in [-0.2, 0) is 10.8 Å². The molecule has 4 nitrogen and oxygen atoms in total. The first-order chi connectivity index (χ1) is 7.84. The molecule has 1 saturated heterocycles. The average Bonchev–Trinajstić information content (AvgIpc) is 2.97. The summed E-state index contributed by atoms with van der Waals surface area (Å²) in [6.07, 6.45) is 0.962. The predicted octanol–water partition coefficient (Wildman–Crippen LogP) is 1.03. The molecular formula is C11H13N3OS. The van der Waals surface area contributed by atoms with E-state index in [1.165, 1.54) is 0 Å². The van der Waals surface area contributed by atoms with Crippen LogP contribution in [-0.4, -0.2) is 32.5 Å². The molecule has 1 fully saturated rings. The van der Waals surface area contributed by atoms with Crippen molar-refractivity contribution < 1.29 is 4.21 Å². The van der Waals surface area contributed by atoms with Crippen molar-refractivity contribution in [2.45, 2.75) is 16.8 Å². The first kappa shape index (κ1) is 9.99. The number of imidazole rings is 1. The molecule has 0 spiro atoms. The van der Waals surface area contributed by atoms with Gasteiger partial charge in [-0.05, 0) is 25.1 Å². The topological polar surface area (TPSA) is 57.8 Å². The van der Waals surface area contributed by atoms with Gasteiger partial charge in [-0.15, -0.1) is 0 Å². The van der Waals surface area contributed by atoms with Gasteiger partial charge in [0.05, 0.1) is 27.1 Å². The molecule has 2 aromatic rings. The third-order valence-corrected chi connectivity index (χ3v) is 4.46. The van der Waals surface area contributed by atoms with E-state index in [2.05, 4.69) is 15.3 Å². The van der Waals surface area contributed by atoms with E-state index in [0.717, 1.165) is 30.5 Å². The lowest BCUT2D eigenvalue weighted by molar-refractivity contribution is 0.666. The van der Waals surface area contributed by atoms with Crippen LogP contribution in [0.2, 0.25) is 0 Å². The Morgan fingerprint density at radius 3 is 3.00 bits per heavy atom. The first-order valence-corrected chi connectivity index (χ1v) is 6.62. The standard InChI is InChI=1S/C11H13N3OS/c15-16(8-5-6-12-7-8)11-13-9-3-1-2-4-10(9)14-11/h1-4,8,12H,5-7H2,(H,13,14)/t8-,16-/m0/s1. The smallest absolute Gasteiger partial charge is 0.197 e. The van der Waals surface area contributed by atoms with Crippen LogP contribution in [0.25, 0.3) is 11.0 Å². The van der Waals surface area contributed by atoms with Crippen LogP contribution in [0.3, 0.4) is 0 Å². The summed E-state index contributed by atoms with van der Waals surface area (Å²) in [5, 5.41) is 4.02. The maximum atomic E-state index is 12.2. The van der Waals surface area contributed by atoms with E-state index in [4.69, 9.17) is 0 Å². The van der Waals surface area contributed by atoms with Gasteiger partial charge >= 0.3 is 0 Å². The molecule has 5 heteroatoms. The number of aromatic amines is 1. The maximum absolute atomic E-state index is 12.2. The lowest BCUT2D eigenvalue weighted by Crippen LogP contribution is -2.19. The minimum Gasteiger partial charge on any atom is -0.331 e. The lowest BCUT2D eigenvalue weighted by Gasteiger charge is -2.04. The van der Waals surface area contributed by atoms with Crippen molar-refractivity contribution in [2.24, 2.45) is 0 Å². The summed E-state index contributed by atoms with van der Waals surface area (Å²) in [6, 6.07) is 7.77. The highest BCUT2D eigenvalue weighted by molar-refractivity contribution is 7.85. The summed E-state index contributed by atoms with van der Waals surface area (Å²) in [7, 11) is -1.02. The van der Waals surface area contributed by atoms with Crippen LogP contribution in [0.15, 0.2) is 29.4 Å².